The van der Waals surface area contributed by atoms with Gasteiger partial charge in [0, 0.05) is 26.7 Å². The quantitative estimate of drug-likeness (QED) is 0.707. The van der Waals surface area contributed by atoms with Crippen LogP contribution in [-0.2, 0) is 4.74 Å². The first-order valence-corrected chi connectivity index (χ1v) is 7.51. The van der Waals surface area contributed by atoms with E-state index in [0.717, 1.165) is 26.1 Å². The number of hydrogen-bond acceptors (Lipinski definition) is 7. The minimum atomic E-state index is 0.0216. The van der Waals surface area contributed by atoms with Crippen molar-refractivity contribution in [1.82, 2.24) is 15.0 Å². The Morgan fingerprint density at radius 1 is 1.19 bits per heavy atom. The number of anilines is 2. The van der Waals surface area contributed by atoms with Crippen LogP contribution in [0.4, 0.5) is 11.9 Å². The minimum absolute atomic E-state index is 0.0216. The number of ether oxygens (including phenoxy) is 2. The number of methoxy groups -OCH3 is 1. The maximum atomic E-state index is 5.61. The molecule has 0 saturated carbocycles. The lowest BCUT2D eigenvalue weighted by molar-refractivity contribution is 0.204. The summed E-state index contributed by atoms with van der Waals surface area (Å²) in [7, 11) is 1.68. The largest absolute Gasteiger partial charge is 0.461 e. The van der Waals surface area contributed by atoms with Crippen LogP contribution in [0.15, 0.2) is 0 Å². The molecule has 0 aromatic carbocycles. The van der Waals surface area contributed by atoms with Gasteiger partial charge in [0.2, 0.25) is 11.9 Å². The fraction of sp³-hybridized carbons (Fsp3) is 0.786. The summed E-state index contributed by atoms with van der Waals surface area (Å²) in [6.45, 7) is 11.0. The van der Waals surface area contributed by atoms with E-state index in [1.165, 1.54) is 0 Å². The maximum absolute atomic E-state index is 5.61. The van der Waals surface area contributed by atoms with Gasteiger partial charge in [0.15, 0.2) is 0 Å². The van der Waals surface area contributed by atoms with Crippen LogP contribution in [0.25, 0.3) is 0 Å². The van der Waals surface area contributed by atoms with Gasteiger partial charge in [-0.1, -0.05) is 6.92 Å². The second-order valence-corrected chi connectivity index (χ2v) is 4.91. The van der Waals surface area contributed by atoms with Gasteiger partial charge < -0.3 is 19.7 Å². The van der Waals surface area contributed by atoms with Crippen molar-refractivity contribution in [1.29, 1.82) is 0 Å². The molecule has 21 heavy (non-hydrogen) atoms. The molecule has 0 spiro atoms. The average Bonchev–Trinajstić information content (AvgIpc) is 2.45. The first-order chi connectivity index (χ1) is 10.1. The highest BCUT2D eigenvalue weighted by Crippen LogP contribution is 2.16. The molecule has 0 amide bonds. The molecule has 120 valence electrons. The lowest BCUT2D eigenvalue weighted by Crippen LogP contribution is -2.29. The van der Waals surface area contributed by atoms with Crippen LogP contribution in [-0.4, -0.2) is 54.4 Å². The zero-order valence-corrected chi connectivity index (χ0v) is 13.7. The van der Waals surface area contributed by atoms with E-state index in [-0.39, 0.29) is 6.10 Å². The van der Waals surface area contributed by atoms with Crippen LogP contribution in [0.1, 0.15) is 34.1 Å². The predicted octanol–water partition coefficient (Wildman–Crippen LogP) is 1.95. The van der Waals surface area contributed by atoms with Crippen molar-refractivity contribution in [2.75, 3.05) is 43.6 Å². The molecule has 0 saturated heterocycles. The molecule has 7 nitrogen and oxygen atoms in total. The standard InChI is InChI=1S/C14H27N5O2/c1-6-8-15-12-16-13(19(7-2)9-10-20-5)18-14(17-12)21-11(3)4/h11H,6-10H2,1-5H3,(H,15,16,17,18). The van der Waals surface area contributed by atoms with Gasteiger partial charge in [0.1, 0.15) is 0 Å². The molecule has 1 aromatic rings. The Hall–Kier alpha value is -1.63. The van der Waals surface area contributed by atoms with Crippen molar-refractivity contribution in [2.45, 2.75) is 40.2 Å². The molecule has 0 bridgehead atoms. The highest BCUT2D eigenvalue weighted by molar-refractivity contribution is 5.38. The van der Waals surface area contributed by atoms with Crippen LogP contribution in [0.5, 0.6) is 6.01 Å². The van der Waals surface area contributed by atoms with E-state index in [1.54, 1.807) is 7.11 Å². The van der Waals surface area contributed by atoms with Gasteiger partial charge in [-0.15, -0.1) is 0 Å². The molecule has 0 atom stereocenters. The van der Waals surface area contributed by atoms with Crippen molar-refractivity contribution in [3.8, 4) is 6.01 Å². The third kappa shape index (κ3) is 6.12. The minimum Gasteiger partial charge on any atom is -0.461 e. The molecule has 0 radical (unpaired) electrons. The van der Waals surface area contributed by atoms with E-state index in [0.29, 0.717) is 24.5 Å². The highest BCUT2D eigenvalue weighted by Gasteiger charge is 2.13. The molecule has 1 N–H and O–H groups in total. The Kier molecular flexibility index (Phi) is 7.74. The number of hydrogen-bond donors (Lipinski definition) is 1. The molecule has 0 aliphatic heterocycles. The lowest BCUT2D eigenvalue weighted by Gasteiger charge is -2.21. The molecule has 1 rings (SSSR count). The summed E-state index contributed by atoms with van der Waals surface area (Å²) in [6, 6.07) is 0.351. The second kappa shape index (κ2) is 9.33. The Balaban J connectivity index is 2.97. The van der Waals surface area contributed by atoms with Crippen LogP contribution in [0.2, 0.25) is 0 Å². The first kappa shape index (κ1) is 17.4. The fourth-order valence-electron chi connectivity index (χ4n) is 1.67. The number of rotatable bonds is 10. The monoisotopic (exact) mass is 297 g/mol. The molecule has 1 aromatic heterocycles. The Morgan fingerprint density at radius 2 is 1.95 bits per heavy atom. The van der Waals surface area contributed by atoms with Gasteiger partial charge in [-0.2, -0.15) is 15.0 Å². The SMILES string of the molecule is CCCNc1nc(OC(C)C)nc(N(CC)CCOC)n1. The zero-order valence-electron chi connectivity index (χ0n) is 13.7. The van der Waals surface area contributed by atoms with Crippen molar-refractivity contribution in [3.63, 3.8) is 0 Å². The van der Waals surface area contributed by atoms with E-state index >= 15 is 0 Å². The van der Waals surface area contributed by atoms with Gasteiger partial charge in [0.05, 0.1) is 12.7 Å². The molecule has 1 heterocycles. The van der Waals surface area contributed by atoms with Crippen molar-refractivity contribution in [2.24, 2.45) is 0 Å². The first-order valence-electron chi connectivity index (χ1n) is 7.51. The van der Waals surface area contributed by atoms with Crippen LogP contribution in [0.3, 0.4) is 0 Å². The maximum Gasteiger partial charge on any atom is 0.323 e. The molecule has 0 fully saturated rings. The molecule has 7 heteroatoms. The third-order valence-corrected chi connectivity index (χ3v) is 2.71. The predicted molar refractivity (Wildman–Crippen MR) is 84.1 cm³/mol. The molecular formula is C14H27N5O2. The summed E-state index contributed by atoms with van der Waals surface area (Å²) < 4.78 is 10.7. The van der Waals surface area contributed by atoms with Crippen molar-refractivity contribution >= 4 is 11.9 Å². The van der Waals surface area contributed by atoms with E-state index < -0.39 is 0 Å². The average molecular weight is 297 g/mol. The highest BCUT2D eigenvalue weighted by atomic mass is 16.5. The van der Waals surface area contributed by atoms with Gasteiger partial charge in [-0.25, -0.2) is 0 Å². The normalized spacial score (nSPS) is 10.8. The summed E-state index contributed by atoms with van der Waals surface area (Å²) >= 11 is 0. The second-order valence-electron chi connectivity index (χ2n) is 4.91. The van der Waals surface area contributed by atoms with Crippen LogP contribution >= 0.6 is 0 Å². The number of nitrogens with zero attached hydrogens (tertiary/aromatic N) is 4. The van der Waals surface area contributed by atoms with Crippen molar-refractivity contribution in [3.05, 3.63) is 0 Å². The number of likely N-dealkylation sites (N-methyl/N-ethyl adjacent to an activating group) is 1. The summed E-state index contributed by atoms with van der Waals surface area (Å²) in [4.78, 5) is 15.2. The molecule has 0 aliphatic rings. The van der Waals surface area contributed by atoms with Crippen LogP contribution in [0, 0.1) is 0 Å². The number of aromatic nitrogens is 3. The number of nitrogens with one attached hydrogen (secondary N) is 1. The van der Waals surface area contributed by atoms with Gasteiger partial charge in [-0.3, -0.25) is 0 Å². The Labute approximate surface area is 127 Å². The molecule has 0 aliphatic carbocycles. The Bertz CT molecular complexity index is 414. The van der Waals surface area contributed by atoms with E-state index in [9.17, 15) is 0 Å². The van der Waals surface area contributed by atoms with Crippen molar-refractivity contribution < 1.29 is 9.47 Å². The Morgan fingerprint density at radius 3 is 2.52 bits per heavy atom. The zero-order chi connectivity index (χ0) is 15.7. The summed E-state index contributed by atoms with van der Waals surface area (Å²) in [6.07, 6.45) is 1.02. The van der Waals surface area contributed by atoms with E-state index in [2.05, 4.69) is 34.1 Å². The molecular weight excluding hydrogens is 270 g/mol. The van der Waals surface area contributed by atoms with Gasteiger partial charge >= 0.3 is 6.01 Å². The van der Waals surface area contributed by atoms with E-state index in [1.807, 2.05) is 18.7 Å². The smallest absolute Gasteiger partial charge is 0.323 e. The van der Waals surface area contributed by atoms with Gasteiger partial charge in [-0.05, 0) is 27.2 Å². The molecule has 0 unspecified atom stereocenters. The summed E-state index contributed by atoms with van der Waals surface area (Å²) in [5, 5.41) is 3.18. The van der Waals surface area contributed by atoms with Crippen LogP contribution < -0.4 is 15.0 Å². The summed E-state index contributed by atoms with van der Waals surface area (Å²) in [5.74, 6) is 1.16. The summed E-state index contributed by atoms with van der Waals surface area (Å²) in [5.41, 5.74) is 0. The fourth-order valence-corrected chi connectivity index (χ4v) is 1.67. The lowest BCUT2D eigenvalue weighted by atomic mass is 10.5. The third-order valence-electron chi connectivity index (χ3n) is 2.71. The van der Waals surface area contributed by atoms with Gasteiger partial charge in [0.25, 0.3) is 0 Å². The topological polar surface area (TPSA) is 72.4 Å². The van der Waals surface area contributed by atoms with E-state index in [4.69, 9.17) is 9.47 Å².